The van der Waals surface area contributed by atoms with Gasteiger partial charge in [0.25, 0.3) is 0 Å². The average Bonchev–Trinajstić information content (AvgIpc) is 1.98. The van der Waals surface area contributed by atoms with Crippen LogP contribution < -0.4 is 0 Å². The van der Waals surface area contributed by atoms with Crippen LogP contribution in [0.1, 0.15) is 26.7 Å². The minimum atomic E-state index is -1.17. The molecule has 1 N–H and O–H groups in total. The van der Waals surface area contributed by atoms with Gasteiger partial charge in [0.1, 0.15) is 12.5 Å². The van der Waals surface area contributed by atoms with E-state index in [0.717, 1.165) is 6.42 Å². The first kappa shape index (κ1) is 11.7. The van der Waals surface area contributed by atoms with Crippen LogP contribution in [0.5, 0.6) is 0 Å². The normalized spacial score (nSPS) is 12.8. The Kier molecular flexibility index (Phi) is 5.59. The molecule has 0 aliphatic heterocycles. The SMILES string of the molecule is CCC=CC(C)OC(=O)CC(=O)O. The highest BCUT2D eigenvalue weighted by Gasteiger charge is 2.10. The smallest absolute Gasteiger partial charge is 0.317 e. The van der Waals surface area contributed by atoms with Crippen LogP contribution in [0.4, 0.5) is 0 Å². The van der Waals surface area contributed by atoms with E-state index in [1.54, 1.807) is 13.0 Å². The predicted octanol–water partition coefficient (Wildman–Crippen LogP) is 1.36. The maximum absolute atomic E-state index is 10.8. The zero-order valence-electron chi connectivity index (χ0n) is 7.82. The third kappa shape index (κ3) is 7.05. The molecule has 74 valence electrons. The van der Waals surface area contributed by atoms with Gasteiger partial charge in [-0.2, -0.15) is 0 Å². The van der Waals surface area contributed by atoms with Crippen molar-refractivity contribution in [2.75, 3.05) is 0 Å². The van der Waals surface area contributed by atoms with Gasteiger partial charge in [0, 0.05) is 0 Å². The third-order valence-corrected chi connectivity index (χ3v) is 1.26. The van der Waals surface area contributed by atoms with Crippen LogP contribution in [-0.2, 0) is 14.3 Å². The van der Waals surface area contributed by atoms with E-state index in [2.05, 4.69) is 0 Å². The van der Waals surface area contributed by atoms with Crippen LogP contribution in [0.3, 0.4) is 0 Å². The van der Waals surface area contributed by atoms with Crippen LogP contribution in [0, 0.1) is 0 Å². The van der Waals surface area contributed by atoms with Crippen molar-refractivity contribution < 1.29 is 19.4 Å². The topological polar surface area (TPSA) is 63.6 Å². The van der Waals surface area contributed by atoms with Crippen molar-refractivity contribution in [3.8, 4) is 0 Å². The fourth-order valence-electron chi connectivity index (χ4n) is 0.739. The number of allylic oxidation sites excluding steroid dienone is 1. The number of hydrogen-bond donors (Lipinski definition) is 1. The summed E-state index contributed by atoms with van der Waals surface area (Å²) in [5, 5.41) is 8.25. The standard InChI is InChI=1S/C9H14O4/c1-3-4-5-7(2)13-9(12)6-8(10)11/h4-5,7H,3,6H2,1-2H3,(H,10,11). The molecule has 0 aromatic carbocycles. The lowest BCUT2D eigenvalue weighted by molar-refractivity contribution is -0.152. The third-order valence-electron chi connectivity index (χ3n) is 1.26. The summed E-state index contributed by atoms with van der Waals surface area (Å²) in [5.41, 5.74) is 0. The maximum atomic E-state index is 10.8. The lowest BCUT2D eigenvalue weighted by Crippen LogP contribution is -2.15. The molecule has 0 heterocycles. The van der Waals surface area contributed by atoms with E-state index in [1.165, 1.54) is 0 Å². The monoisotopic (exact) mass is 186 g/mol. The molecule has 0 aromatic rings. The Hall–Kier alpha value is -1.32. The average molecular weight is 186 g/mol. The number of carboxylic acid groups (broad SMARTS) is 1. The van der Waals surface area contributed by atoms with Crippen LogP contribution in [0.25, 0.3) is 0 Å². The summed E-state index contributed by atoms with van der Waals surface area (Å²) in [6.07, 6.45) is 3.51. The molecule has 4 nitrogen and oxygen atoms in total. The van der Waals surface area contributed by atoms with Gasteiger partial charge >= 0.3 is 11.9 Å². The highest BCUT2D eigenvalue weighted by molar-refractivity contribution is 5.90. The molecule has 4 heteroatoms. The van der Waals surface area contributed by atoms with Gasteiger partial charge in [0.15, 0.2) is 0 Å². The predicted molar refractivity (Wildman–Crippen MR) is 47.2 cm³/mol. The van der Waals surface area contributed by atoms with Gasteiger partial charge in [-0.3, -0.25) is 9.59 Å². The Labute approximate surface area is 77.2 Å². The van der Waals surface area contributed by atoms with Crippen molar-refractivity contribution in [2.45, 2.75) is 32.8 Å². The second-order valence-electron chi connectivity index (χ2n) is 2.60. The number of aliphatic carboxylic acids is 1. The van der Waals surface area contributed by atoms with Gasteiger partial charge in [-0.05, 0) is 19.4 Å². The number of carbonyl (C=O) groups is 2. The second-order valence-corrected chi connectivity index (χ2v) is 2.60. The van der Waals surface area contributed by atoms with Crippen molar-refractivity contribution in [3.05, 3.63) is 12.2 Å². The number of ether oxygens (including phenoxy) is 1. The minimum Gasteiger partial charge on any atom is -0.481 e. The molecule has 13 heavy (non-hydrogen) atoms. The van der Waals surface area contributed by atoms with Gasteiger partial charge in [-0.1, -0.05) is 13.0 Å². The molecular formula is C9H14O4. The Bertz CT molecular complexity index is 208. The molecule has 0 aromatic heterocycles. The molecule has 0 saturated carbocycles. The fourth-order valence-corrected chi connectivity index (χ4v) is 0.739. The molecule has 0 bridgehead atoms. The molecule has 0 saturated heterocycles. The van der Waals surface area contributed by atoms with E-state index in [9.17, 15) is 9.59 Å². The molecule has 0 aliphatic carbocycles. The summed E-state index contributed by atoms with van der Waals surface area (Å²) in [6, 6.07) is 0. The maximum Gasteiger partial charge on any atom is 0.317 e. The zero-order chi connectivity index (χ0) is 10.3. The van der Waals surface area contributed by atoms with Crippen molar-refractivity contribution in [3.63, 3.8) is 0 Å². The van der Waals surface area contributed by atoms with Gasteiger partial charge in [0.05, 0.1) is 0 Å². The Balaban J connectivity index is 3.78. The van der Waals surface area contributed by atoms with Crippen molar-refractivity contribution in [1.82, 2.24) is 0 Å². The van der Waals surface area contributed by atoms with Gasteiger partial charge in [-0.25, -0.2) is 0 Å². The largest absolute Gasteiger partial charge is 0.481 e. The van der Waals surface area contributed by atoms with Gasteiger partial charge < -0.3 is 9.84 Å². The second kappa shape index (κ2) is 6.22. The molecule has 1 unspecified atom stereocenters. The quantitative estimate of drug-likeness (QED) is 0.400. The summed E-state index contributed by atoms with van der Waals surface area (Å²) in [4.78, 5) is 20.9. The van der Waals surface area contributed by atoms with E-state index in [-0.39, 0.29) is 6.10 Å². The number of rotatable bonds is 5. The van der Waals surface area contributed by atoms with Crippen molar-refractivity contribution >= 4 is 11.9 Å². The fraction of sp³-hybridized carbons (Fsp3) is 0.556. The lowest BCUT2D eigenvalue weighted by Gasteiger charge is -2.07. The molecule has 0 aliphatic rings. The first-order valence-electron chi connectivity index (χ1n) is 4.14. The molecule has 1 atom stereocenters. The summed E-state index contributed by atoms with van der Waals surface area (Å²) in [6.45, 7) is 3.65. The summed E-state index contributed by atoms with van der Waals surface area (Å²) in [5.74, 6) is -1.88. The number of carboxylic acids is 1. The van der Waals surface area contributed by atoms with Crippen LogP contribution in [0.15, 0.2) is 12.2 Å². The number of carbonyl (C=O) groups excluding carboxylic acids is 1. The van der Waals surface area contributed by atoms with E-state index in [0.29, 0.717) is 0 Å². The van der Waals surface area contributed by atoms with Crippen LogP contribution in [-0.4, -0.2) is 23.1 Å². The molecule has 0 fully saturated rings. The Morgan fingerprint density at radius 2 is 2.15 bits per heavy atom. The van der Waals surface area contributed by atoms with E-state index >= 15 is 0 Å². The highest BCUT2D eigenvalue weighted by Crippen LogP contribution is 1.97. The molecule has 0 spiro atoms. The molecule has 0 amide bonds. The summed E-state index contributed by atoms with van der Waals surface area (Å²) >= 11 is 0. The first-order chi connectivity index (χ1) is 6.06. The van der Waals surface area contributed by atoms with Crippen LogP contribution >= 0.6 is 0 Å². The van der Waals surface area contributed by atoms with E-state index in [4.69, 9.17) is 9.84 Å². The van der Waals surface area contributed by atoms with E-state index in [1.807, 2.05) is 13.0 Å². The Morgan fingerprint density at radius 1 is 1.54 bits per heavy atom. The number of esters is 1. The van der Waals surface area contributed by atoms with Crippen molar-refractivity contribution in [1.29, 1.82) is 0 Å². The van der Waals surface area contributed by atoms with Gasteiger partial charge in [-0.15, -0.1) is 0 Å². The first-order valence-corrected chi connectivity index (χ1v) is 4.14. The van der Waals surface area contributed by atoms with E-state index < -0.39 is 18.4 Å². The minimum absolute atomic E-state index is 0.355. The number of hydrogen-bond acceptors (Lipinski definition) is 3. The lowest BCUT2D eigenvalue weighted by atomic mass is 10.3. The van der Waals surface area contributed by atoms with Crippen molar-refractivity contribution in [2.24, 2.45) is 0 Å². The molecule has 0 radical (unpaired) electrons. The highest BCUT2D eigenvalue weighted by atomic mass is 16.5. The Morgan fingerprint density at radius 3 is 2.62 bits per heavy atom. The zero-order valence-corrected chi connectivity index (χ0v) is 7.82. The molecular weight excluding hydrogens is 172 g/mol. The summed E-state index contributed by atoms with van der Waals surface area (Å²) < 4.78 is 4.76. The summed E-state index contributed by atoms with van der Waals surface area (Å²) in [7, 11) is 0. The molecule has 0 rings (SSSR count). The van der Waals surface area contributed by atoms with Crippen LogP contribution in [0.2, 0.25) is 0 Å². The van der Waals surface area contributed by atoms with Gasteiger partial charge in [0.2, 0.25) is 0 Å².